The number of hydrogen-bond acceptors (Lipinski definition) is 2. The first-order valence-corrected chi connectivity index (χ1v) is 6.44. The van der Waals surface area contributed by atoms with Crippen LogP contribution in [0.25, 0.3) is 0 Å². The van der Waals surface area contributed by atoms with Crippen LogP contribution >= 0.6 is 0 Å². The van der Waals surface area contributed by atoms with Crippen molar-refractivity contribution in [1.29, 1.82) is 0 Å². The van der Waals surface area contributed by atoms with E-state index >= 15 is 0 Å². The summed E-state index contributed by atoms with van der Waals surface area (Å²) >= 11 is 0. The van der Waals surface area contributed by atoms with Gasteiger partial charge in [0.05, 0.1) is 0 Å². The number of rotatable bonds is 6. The van der Waals surface area contributed by atoms with E-state index in [9.17, 15) is 4.79 Å². The molecule has 2 N–H and O–H groups in total. The molecule has 1 unspecified atom stereocenters. The molecule has 0 amide bonds. The van der Waals surface area contributed by atoms with Gasteiger partial charge in [-0.15, -0.1) is 0 Å². The van der Waals surface area contributed by atoms with Gasteiger partial charge in [0.25, 0.3) is 0 Å². The normalized spacial score (nSPS) is 12.4. The molecule has 0 radical (unpaired) electrons. The molecule has 0 aliphatic carbocycles. The molecule has 1 aromatic carbocycles. The fourth-order valence-electron chi connectivity index (χ4n) is 2.12. The van der Waals surface area contributed by atoms with Crippen LogP contribution in [0.4, 0.5) is 0 Å². The van der Waals surface area contributed by atoms with Gasteiger partial charge in [-0.1, -0.05) is 12.1 Å². The number of benzene rings is 1. The Morgan fingerprint density at radius 1 is 1.22 bits per heavy atom. The van der Waals surface area contributed by atoms with Crippen molar-refractivity contribution in [2.24, 2.45) is 0 Å². The van der Waals surface area contributed by atoms with Gasteiger partial charge in [-0.2, -0.15) is 0 Å². The fourth-order valence-corrected chi connectivity index (χ4v) is 2.12. The van der Waals surface area contributed by atoms with Gasteiger partial charge in [0.15, 0.2) is 0 Å². The molecule has 0 saturated heterocycles. The number of carbonyl (C=O) groups is 1. The topological polar surface area (TPSA) is 49.3 Å². The third-order valence-corrected chi connectivity index (χ3v) is 3.37. The van der Waals surface area contributed by atoms with Crippen molar-refractivity contribution in [3.05, 3.63) is 34.4 Å². The SMILES string of the molecule is Cc1cc(C)c(C(C)NCCCC(=O)O)cc1C. The van der Waals surface area contributed by atoms with E-state index in [1.807, 2.05) is 0 Å². The Balaban J connectivity index is 2.58. The Labute approximate surface area is 109 Å². The summed E-state index contributed by atoms with van der Waals surface area (Å²) in [5.74, 6) is -0.730. The first kappa shape index (κ1) is 14.7. The quantitative estimate of drug-likeness (QED) is 0.761. The number of carboxylic acid groups (broad SMARTS) is 1. The molecule has 100 valence electrons. The number of hydrogen-bond donors (Lipinski definition) is 2. The van der Waals surface area contributed by atoms with Crippen molar-refractivity contribution in [1.82, 2.24) is 5.32 Å². The monoisotopic (exact) mass is 249 g/mol. The summed E-state index contributed by atoms with van der Waals surface area (Å²) in [6.07, 6.45) is 0.898. The van der Waals surface area contributed by atoms with Gasteiger partial charge in [0.2, 0.25) is 0 Å². The standard InChI is InChI=1S/C15H23NO2/c1-10-8-12(3)14(9-11(10)2)13(4)16-7-5-6-15(17)18/h8-9,13,16H,5-7H2,1-4H3,(H,17,18). The summed E-state index contributed by atoms with van der Waals surface area (Å²) in [5, 5.41) is 12.0. The molecular weight excluding hydrogens is 226 g/mol. The number of nitrogens with one attached hydrogen (secondary N) is 1. The third kappa shape index (κ3) is 4.15. The lowest BCUT2D eigenvalue weighted by Crippen LogP contribution is -2.21. The van der Waals surface area contributed by atoms with Crippen LogP contribution in [0.15, 0.2) is 12.1 Å². The minimum absolute atomic E-state index is 0.228. The highest BCUT2D eigenvalue weighted by molar-refractivity contribution is 5.66. The molecule has 1 aromatic rings. The van der Waals surface area contributed by atoms with Crippen LogP contribution < -0.4 is 5.32 Å². The van der Waals surface area contributed by atoms with E-state index in [0.717, 1.165) is 6.54 Å². The molecule has 0 bridgehead atoms. The van der Waals surface area contributed by atoms with E-state index < -0.39 is 5.97 Å². The zero-order valence-corrected chi connectivity index (χ0v) is 11.7. The number of aliphatic carboxylic acids is 1. The van der Waals surface area contributed by atoms with Crippen LogP contribution in [-0.4, -0.2) is 17.6 Å². The molecule has 18 heavy (non-hydrogen) atoms. The molecule has 0 saturated carbocycles. The molecule has 3 nitrogen and oxygen atoms in total. The second kappa shape index (κ2) is 6.55. The van der Waals surface area contributed by atoms with Gasteiger partial charge in [-0.05, 0) is 62.9 Å². The molecular formula is C15H23NO2. The average molecular weight is 249 g/mol. The fraction of sp³-hybridized carbons (Fsp3) is 0.533. The van der Waals surface area contributed by atoms with Gasteiger partial charge >= 0.3 is 5.97 Å². The van der Waals surface area contributed by atoms with Crippen LogP contribution in [0.2, 0.25) is 0 Å². The van der Waals surface area contributed by atoms with Crippen molar-refractivity contribution >= 4 is 5.97 Å². The zero-order chi connectivity index (χ0) is 13.7. The minimum Gasteiger partial charge on any atom is -0.481 e. The maximum absolute atomic E-state index is 10.4. The highest BCUT2D eigenvalue weighted by atomic mass is 16.4. The van der Waals surface area contributed by atoms with E-state index in [1.165, 1.54) is 22.3 Å². The predicted molar refractivity (Wildman–Crippen MR) is 73.9 cm³/mol. The Morgan fingerprint density at radius 3 is 2.44 bits per heavy atom. The highest BCUT2D eigenvalue weighted by Gasteiger charge is 2.09. The smallest absolute Gasteiger partial charge is 0.303 e. The summed E-state index contributed by atoms with van der Waals surface area (Å²) in [6.45, 7) is 9.22. The Hall–Kier alpha value is -1.35. The van der Waals surface area contributed by atoms with E-state index in [0.29, 0.717) is 6.42 Å². The first-order valence-electron chi connectivity index (χ1n) is 6.44. The Morgan fingerprint density at radius 2 is 1.83 bits per heavy atom. The molecule has 0 aliphatic rings. The Bertz CT molecular complexity index is 427. The maximum Gasteiger partial charge on any atom is 0.303 e. The van der Waals surface area contributed by atoms with Gasteiger partial charge in [-0.25, -0.2) is 0 Å². The van der Waals surface area contributed by atoms with Crippen molar-refractivity contribution < 1.29 is 9.90 Å². The molecule has 1 rings (SSSR count). The zero-order valence-electron chi connectivity index (χ0n) is 11.7. The Kier molecular flexibility index (Phi) is 5.35. The van der Waals surface area contributed by atoms with Crippen LogP contribution in [0.5, 0.6) is 0 Å². The maximum atomic E-state index is 10.4. The summed E-state index contributed by atoms with van der Waals surface area (Å²) in [5.41, 5.74) is 5.20. The molecule has 0 heterocycles. The molecule has 0 aromatic heterocycles. The first-order chi connectivity index (χ1) is 8.41. The van der Waals surface area contributed by atoms with E-state index in [2.05, 4.69) is 45.1 Å². The highest BCUT2D eigenvalue weighted by Crippen LogP contribution is 2.21. The molecule has 3 heteroatoms. The molecule has 0 fully saturated rings. The lowest BCUT2D eigenvalue weighted by molar-refractivity contribution is -0.137. The van der Waals surface area contributed by atoms with Crippen molar-refractivity contribution in [3.8, 4) is 0 Å². The summed E-state index contributed by atoms with van der Waals surface area (Å²) in [7, 11) is 0. The minimum atomic E-state index is -0.730. The van der Waals surface area contributed by atoms with Crippen LogP contribution in [0.3, 0.4) is 0 Å². The lowest BCUT2D eigenvalue weighted by Gasteiger charge is -2.18. The van der Waals surface area contributed by atoms with Crippen LogP contribution in [-0.2, 0) is 4.79 Å². The number of carboxylic acids is 1. The van der Waals surface area contributed by atoms with E-state index in [-0.39, 0.29) is 12.5 Å². The second-order valence-electron chi connectivity index (χ2n) is 4.97. The van der Waals surface area contributed by atoms with Gasteiger partial charge in [0, 0.05) is 12.5 Å². The van der Waals surface area contributed by atoms with Gasteiger partial charge in [0.1, 0.15) is 0 Å². The predicted octanol–water partition coefficient (Wildman–Crippen LogP) is 3.13. The molecule has 1 atom stereocenters. The van der Waals surface area contributed by atoms with Crippen molar-refractivity contribution in [3.63, 3.8) is 0 Å². The van der Waals surface area contributed by atoms with E-state index in [4.69, 9.17) is 5.11 Å². The second-order valence-corrected chi connectivity index (χ2v) is 4.97. The van der Waals surface area contributed by atoms with Crippen LogP contribution in [0, 0.1) is 20.8 Å². The average Bonchev–Trinajstić information content (AvgIpc) is 2.28. The summed E-state index contributed by atoms with van der Waals surface area (Å²) < 4.78 is 0. The van der Waals surface area contributed by atoms with Gasteiger partial charge < -0.3 is 10.4 Å². The number of aryl methyl sites for hydroxylation is 3. The van der Waals surface area contributed by atoms with Crippen molar-refractivity contribution in [2.45, 2.75) is 46.6 Å². The third-order valence-electron chi connectivity index (χ3n) is 3.37. The van der Waals surface area contributed by atoms with Crippen molar-refractivity contribution in [2.75, 3.05) is 6.54 Å². The largest absolute Gasteiger partial charge is 0.481 e. The lowest BCUT2D eigenvalue weighted by atomic mass is 9.96. The van der Waals surface area contributed by atoms with E-state index in [1.54, 1.807) is 0 Å². The van der Waals surface area contributed by atoms with Crippen LogP contribution in [0.1, 0.15) is 48.1 Å². The van der Waals surface area contributed by atoms with Gasteiger partial charge in [-0.3, -0.25) is 4.79 Å². The molecule has 0 spiro atoms. The summed E-state index contributed by atoms with van der Waals surface area (Å²) in [4.78, 5) is 10.4. The molecule has 0 aliphatic heterocycles. The summed E-state index contributed by atoms with van der Waals surface area (Å²) in [6, 6.07) is 4.69.